The van der Waals surface area contributed by atoms with Crippen molar-refractivity contribution in [1.82, 2.24) is 4.98 Å². The van der Waals surface area contributed by atoms with Gasteiger partial charge in [-0.25, -0.2) is 4.39 Å². The highest BCUT2D eigenvalue weighted by atomic mass is 19.1. The quantitative estimate of drug-likeness (QED) is 0.774. The molecule has 1 fully saturated rings. The number of piperidine rings is 1. The van der Waals surface area contributed by atoms with E-state index in [0.717, 1.165) is 48.8 Å². The van der Waals surface area contributed by atoms with Crippen molar-refractivity contribution in [3.05, 3.63) is 35.8 Å². The second-order valence-corrected chi connectivity index (χ2v) is 6.54. The topological polar surface area (TPSA) is 33.2 Å². The average molecular weight is 314 g/mol. The van der Waals surface area contributed by atoms with Crippen LogP contribution in [0.3, 0.4) is 0 Å². The molecule has 2 aromatic rings. The third kappa shape index (κ3) is 2.82. The van der Waals surface area contributed by atoms with Crippen LogP contribution in [0.2, 0.25) is 0 Å². The van der Waals surface area contributed by atoms with E-state index in [0.29, 0.717) is 11.0 Å². The van der Waals surface area contributed by atoms with E-state index in [2.05, 4.69) is 23.7 Å². The van der Waals surface area contributed by atoms with E-state index in [9.17, 15) is 9.18 Å². The first-order chi connectivity index (χ1) is 11.1. The van der Waals surface area contributed by atoms with Gasteiger partial charge in [-0.1, -0.05) is 26.7 Å². The van der Waals surface area contributed by atoms with Crippen molar-refractivity contribution >= 4 is 22.9 Å². The molecule has 3 nitrogen and oxygen atoms in total. The zero-order valence-corrected chi connectivity index (χ0v) is 13.8. The lowest BCUT2D eigenvalue weighted by atomic mass is 9.74. The third-order valence-electron chi connectivity index (χ3n) is 5.60. The van der Waals surface area contributed by atoms with E-state index in [1.54, 1.807) is 12.3 Å². The molecule has 0 saturated carbocycles. The molecule has 0 spiro atoms. The number of hydrogen-bond donors (Lipinski definition) is 0. The fourth-order valence-corrected chi connectivity index (χ4v) is 3.77. The number of aromatic nitrogens is 1. The molecule has 3 rings (SSSR count). The van der Waals surface area contributed by atoms with Gasteiger partial charge in [0.1, 0.15) is 5.82 Å². The van der Waals surface area contributed by atoms with E-state index in [-0.39, 0.29) is 5.82 Å². The molecule has 1 saturated heterocycles. The number of fused-ring (bicyclic) bond motifs is 1. The first-order valence-electron chi connectivity index (χ1n) is 8.41. The monoisotopic (exact) mass is 314 g/mol. The van der Waals surface area contributed by atoms with Gasteiger partial charge in [0.15, 0.2) is 6.29 Å². The van der Waals surface area contributed by atoms with E-state index >= 15 is 0 Å². The van der Waals surface area contributed by atoms with Gasteiger partial charge < -0.3 is 4.90 Å². The lowest BCUT2D eigenvalue weighted by Crippen LogP contribution is -2.40. The Morgan fingerprint density at radius 2 is 1.96 bits per heavy atom. The molecule has 1 aliphatic heterocycles. The second-order valence-electron chi connectivity index (χ2n) is 6.54. The fourth-order valence-electron chi connectivity index (χ4n) is 3.77. The normalized spacial score (nSPS) is 17.4. The number of carbonyl (C=O) groups excluding carboxylic acids is 1. The van der Waals surface area contributed by atoms with Crippen molar-refractivity contribution in [2.75, 3.05) is 18.0 Å². The molecule has 0 bridgehead atoms. The molecule has 0 unspecified atom stereocenters. The first-order valence-corrected chi connectivity index (χ1v) is 8.41. The van der Waals surface area contributed by atoms with Crippen LogP contribution in [0.4, 0.5) is 10.1 Å². The van der Waals surface area contributed by atoms with Crippen molar-refractivity contribution in [3.8, 4) is 0 Å². The van der Waals surface area contributed by atoms with Crippen LogP contribution in [0.1, 0.15) is 49.9 Å². The maximum atomic E-state index is 13.7. The number of benzene rings is 1. The number of nitrogens with zero attached hydrogens (tertiary/aromatic N) is 2. The van der Waals surface area contributed by atoms with Crippen molar-refractivity contribution in [2.45, 2.75) is 39.5 Å². The van der Waals surface area contributed by atoms with Crippen LogP contribution in [0.15, 0.2) is 24.4 Å². The maximum absolute atomic E-state index is 13.7. The molecule has 23 heavy (non-hydrogen) atoms. The van der Waals surface area contributed by atoms with Gasteiger partial charge in [0.2, 0.25) is 0 Å². The summed E-state index contributed by atoms with van der Waals surface area (Å²) in [6, 6.07) is 4.58. The molecule has 0 N–H and O–H groups in total. The van der Waals surface area contributed by atoms with Crippen molar-refractivity contribution in [1.29, 1.82) is 0 Å². The summed E-state index contributed by atoms with van der Waals surface area (Å²) in [6.45, 7) is 6.32. The molecule has 1 aromatic carbocycles. The average Bonchev–Trinajstić information content (AvgIpc) is 2.60. The number of rotatable bonds is 4. The Balaban J connectivity index is 2.02. The third-order valence-corrected chi connectivity index (χ3v) is 5.60. The zero-order valence-electron chi connectivity index (χ0n) is 13.8. The molecule has 122 valence electrons. The molecule has 1 aromatic heterocycles. The predicted octanol–water partition coefficient (Wildman–Crippen LogP) is 4.59. The standard InChI is InChI=1S/C19H23FN2O/c1-3-19(4-2)7-9-22(10-8-19)18-14(13-23)12-21-17-6-5-15(20)11-16(17)18/h5-6,11-13H,3-4,7-10H2,1-2H3. The van der Waals surface area contributed by atoms with Gasteiger partial charge in [0.25, 0.3) is 0 Å². The molecule has 0 amide bonds. The number of halogens is 1. The van der Waals surface area contributed by atoms with Crippen molar-refractivity contribution in [2.24, 2.45) is 5.41 Å². The highest BCUT2D eigenvalue weighted by Gasteiger charge is 2.32. The Hall–Kier alpha value is -1.97. The van der Waals surface area contributed by atoms with Crippen LogP contribution in [-0.4, -0.2) is 24.4 Å². The number of pyridine rings is 1. The highest BCUT2D eigenvalue weighted by molar-refractivity contribution is 6.00. The minimum absolute atomic E-state index is 0.294. The Morgan fingerprint density at radius 3 is 2.57 bits per heavy atom. The van der Waals surface area contributed by atoms with Gasteiger partial charge in [-0.2, -0.15) is 0 Å². The van der Waals surface area contributed by atoms with E-state index < -0.39 is 0 Å². The molecule has 4 heteroatoms. The van der Waals surface area contributed by atoms with Crippen LogP contribution in [0, 0.1) is 11.2 Å². The molecule has 0 atom stereocenters. The molecule has 0 aliphatic carbocycles. The predicted molar refractivity (Wildman–Crippen MR) is 91.6 cm³/mol. The summed E-state index contributed by atoms with van der Waals surface area (Å²) in [6.07, 6.45) is 7.01. The minimum atomic E-state index is -0.294. The largest absolute Gasteiger partial charge is 0.370 e. The summed E-state index contributed by atoms with van der Waals surface area (Å²) in [7, 11) is 0. The van der Waals surface area contributed by atoms with Crippen LogP contribution in [0.5, 0.6) is 0 Å². The molecular weight excluding hydrogens is 291 g/mol. The van der Waals surface area contributed by atoms with Gasteiger partial charge in [-0.15, -0.1) is 0 Å². The smallest absolute Gasteiger partial charge is 0.153 e. The second kappa shape index (κ2) is 6.26. The number of hydrogen-bond acceptors (Lipinski definition) is 3. The van der Waals surface area contributed by atoms with Crippen LogP contribution in [0.25, 0.3) is 10.9 Å². The molecule has 2 heterocycles. The number of carbonyl (C=O) groups is 1. The SMILES string of the molecule is CCC1(CC)CCN(c2c(C=O)cnc3ccc(F)cc23)CC1. The van der Waals surface area contributed by atoms with Gasteiger partial charge in [-0.05, 0) is 36.5 Å². The van der Waals surface area contributed by atoms with Crippen molar-refractivity contribution < 1.29 is 9.18 Å². The summed E-state index contributed by atoms with van der Waals surface area (Å²) in [5.74, 6) is -0.294. The van der Waals surface area contributed by atoms with Gasteiger partial charge in [-0.3, -0.25) is 9.78 Å². The Labute approximate surface area is 136 Å². The summed E-state index contributed by atoms with van der Waals surface area (Å²) in [5.41, 5.74) is 2.52. The summed E-state index contributed by atoms with van der Waals surface area (Å²) in [5, 5.41) is 0.732. The van der Waals surface area contributed by atoms with Crippen LogP contribution in [-0.2, 0) is 0 Å². The van der Waals surface area contributed by atoms with Crippen LogP contribution < -0.4 is 4.90 Å². The Morgan fingerprint density at radius 1 is 1.26 bits per heavy atom. The number of anilines is 1. The minimum Gasteiger partial charge on any atom is -0.370 e. The number of aldehydes is 1. The highest BCUT2D eigenvalue weighted by Crippen LogP contribution is 2.41. The molecular formula is C19H23FN2O. The van der Waals surface area contributed by atoms with Crippen molar-refractivity contribution in [3.63, 3.8) is 0 Å². The van der Waals surface area contributed by atoms with Crippen LogP contribution >= 0.6 is 0 Å². The maximum Gasteiger partial charge on any atom is 0.153 e. The van der Waals surface area contributed by atoms with E-state index in [1.807, 2.05) is 0 Å². The first kappa shape index (κ1) is 15.9. The molecule has 0 radical (unpaired) electrons. The van der Waals surface area contributed by atoms with Gasteiger partial charge in [0, 0.05) is 24.7 Å². The molecule has 1 aliphatic rings. The fraction of sp³-hybridized carbons (Fsp3) is 0.474. The summed E-state index contributed by atoms with van der Waals surface area (Å²) in [4.78, 5) is 18.0. The van der Waals surface area contributed by atoms with Gasteiger partial charge in [0.05, 0.1) is 16.8 Å². The Bertz CT molecular complexity index is 715. The zero-order chi connectivity index (χ0) is 16.4. The van der Waals surface area contributed by atoms with E-state index in [4.69, 9.17) is 0 Å². The van der Waals surface area contributed by atoms with Gasteiger partial charge >= 0.3 is 0 Å². The summed E-state index contributed by atoms with van der Waals surface area (Å²) < 4.78 is 13.7. The Kier molecular flexibility index (Phi) is 4.33. The lowest BCUT2D eigenvalue weighted by Gasteiger charge is -2.42. The summed E-state index contributed by atoms with van der Waals surface area (Å²) >= 11 is 0. The lowest BCUT2D eigenvalue weighted by molar-refractivity contribution is 0.112. The van der Waals surface area contributed by atoms with E-state index in [1.165, 1.54) is 25.0 Å².